The highest BCUT2D eigenvalue weighted by atomic mass is 32.2. The molecule has 0 fully saturated rings. The maximum Gasteiger partial charge on any atom is 0.171 e. The lowest BCUT2D eigenvalue weighted by molar-refractivity contribution is -0.108. The Kier molecular flexibility index (Phi) is 7.68. The van der Waals surface area contributed by atoms with E-state index in [0.29, 0.717) is 22.5 Å². The Labute approximate surface area is 237 Å². The Balaban J connectivity index is 1.83. The molecule has 1 aliphatic rings. The molecule has 40 heavy (non-hydrogen) atoms. The molecule has 0 saturated carbocycles. The van der Waals surface area contributed by atoms with Crippen LogP contribution in [0.2, 0.25) is 0 Å². The predicted octanol–water partition coefficient (Wildman–Crippen LogP) is 4.87. The standard InChI is InChI=1S/C31H37NO6S2/c1-29(2,40(6,37)38)25-18-23-11-8-16-32-28(23)27(19-25)22-10-7-9-21(17-22)20-31(34,30(3,4)33)24-12-14-26(15-13-24)39(5,35)36/h7-12,14,16-19,33-34H,13,15,20H2,1-6H3. The third-order valence-corrected chi connectivity index (χ3v) is 11.5. The summed E-state index contributed by atoms with van der Waals surface area (Å²) in [5, 5.41) is 23.8. The molecule has 3 aromatic rings. The number of aromatic nitrogens is 1. The van der Waals surface area contributed by atoms with Gasteiger partial charge in [0.1, 0.15) is 5.60 Å². The summed E-state index contributed by atoms with van der Waals surface area (Å²) in [4.78, 5) is 4.88. The van der Waals surface area contributed by atoms with Gasteiger partial charge in [0, 0.05) is 41.0 Å². The van der Waals surface area contributed by atoms with E-state index in [9.17, 15) is 27.0 Å². The van der Waals surface area contributed by atoms with Crippen molar-refractivity contribution in [1.29, 1.82) is 0 Å². The molecule has 0 amide bonds. The van der Waals surface area contributed by atoms with Gasteiger partial charge in [-0.1, -0.05) is 36.4 Å². The lowest BCUT2D eigenvalue weighted by Crippen LogP contribution is -2.53. The van der Waals surface area contributed by atoms with Crippen molar-refractivity contribution in [1.82, 2.24) is 4.98 Å². The van der Waals surface area contributed by atoms with Crippen LogP contribution in [0.3, 0.4) is 0 Å². The van der Waals surface area contributed by atoms with E-state index in [0.717, 1.165) is 33.8 Å². The second-order valence-corrected chi connectivity index (χ2v) is 16.4. The van der Waals surface area contributed by atoms with Gasteiger partial charge in [-0.05, 0) is 87.1 Å². The van der Waals surface area contributed by atoms with Crippen molar-refractivity contribution in [3.05, 3.63) is 88.5 Å². The number of nitrogens with zero attached hydrogens (tertiary/aromatic N) is 1. The Hall–Kier alpha value is -2.85. The van der Waals surface area contributed by atoms with Crippen LogP contribution in [0.1, 0.15) is 51.7 Å². The van der Waals surface area contributed by atoms with Gasteiger partial charge in [-0.25, -0.2) is 16.8 Å². The van der Waals surface area contributed by atoms with Gasteiger partial charge >= 0.3 is 0 Å². The second kappa shape index (κ2) is 10.2. The van der Waals surface area contributed by atoms with E-state index in [2.05, 4.69) is 4.98 Å². The number of pyridine rings is 1. The summed E-state index contributed by atoms with van der Waals surface area (Å²) in [6.07, 6.45) is 7.84. The largest absolute Gasteiger partial charge is 0.387 e. The fourth-order valence-corrected chi connectivity index (χ4v) is 6.45. The van der Waals surface area contributed by atoms with Gasteiger partial charge in [0.2, 0.25) is 0 Å². The van der Waals surface area contributed by atoms with E-state index in [-0.39, 0.29) is 12.8 Å². The minimum atomic E-state index is -3.43. The van der Waals surface area contributed by atoms with Gasteiger partial charge in [-0.3, -0.25) is 4.98 Å². The van der Waals surface area contributed by atoms with Gasteiger partial charge in [0.05, 0.1) is 15.9 Å². The first kappa shape index (κ1) is 30.1. The average Bonchev–Trinajstić information content (AvgIpc) is 2.86. The summed E-state index contributed by atoms with van der Waals surface area (Å²) >= 11 is 0. The van der Waals surface area contributed by atoms with Crippen LogP contribution in [-0.4, -0.2) is 55.7 Å². The van der Waals surface area contributed by atoms with Crippen molar-refractivity contribution in [3.63, 3.8) is 0 Å². The summed E-state index contributed by atoms with van der Waals surface area (Å²) in [5.74, 6) is 0. The zero-order chi connectivity index (χ0) is 29.7. The van der Waals surface area contributed by atoms with Crippen LogP contribution in [0.4, 0.5) is 0 Å². The Bertz CT molecular complexity index is 1750. The van der Waals surface area contributed by atoms with Gasteiger partial charge in [0.25, 0.3) is 0 Å². The lowest BCUT2D eigenvalue weighted by atomic mass is 9.72. The number of aliphatic hydroxyl groups is 2. The molecule has 0 radical (unpaired) electrons. The second-order valence-electron chi connectivity index (χ2n) is 11.8. The molecular weight excluding hydrogens is 546 g/mol. The van der Waals surface area contributed by atoms with Crippen molar-refractivity contribution in [2.75, 3.05) is 12.5 Å². The number of benzene rings is 2. The SMILES string of the molecule is CC(C)(O)C(O)(Cc1cccc(-c2cc(C(C)(C)S(C)(=O)=O)cc3cccnc23)c1)C1=CC=C(S(C)(=O)=O)CC1. The number of hydrogen-bond acceptors (Lipinski definition) is 7. The molecule has 9 heteroatoms. The van der Waals surface area contributed by atoms with Crippen LogP contribution in [0.25, 0.3) is 22.0 Å². The molecule has 2 N–H and O–H groups in total. The average molecular weight is 584 g/mol. The van der Waals surface area contributed by atoms with E-state index in [1.54, 1.807) is 40.0 Å². The molecule has 0 bridgehead atoms. The summed E-state index contributed by atoms with van der Waals surface area (Å²) in [6, 6.07) is 15.0. The predicted molar refractivity (Wildman–Crippen MR) is 160 cm³/mol. The number of rotatable bonds is 8. The van der Waals surface area contributed by atoms with Crippen molar-refractivity contribution >= 4 is 30.6 Å². The molecule has 2 aromatic carbocycles. The van der Waals surface area contributed by atoms with Crippen molar-refractivity contribution in [2.24, 2.45) is 0 Å². The molecule has 0 aliphatic heterocycles. The number of sulfone groups is 2. The van der Waals surface area contributed by atoms with Crippen LogP contribution >= 0.6 is 0 Å². The third-order valence-electron chi connectivity index (χ3n) is 8.16. The fraction of sp³-hybridized carbons (Fsp3) is 0.387. The van der Waals surface area contributed by atoms with Crippen molar-refractivity contribution in [3.8, 4) is 11.1 Å². The van der Waals surface area contributed by atoms with Gasteiger partial charge in [-0.2, -0.15) is 0 Å². The summed E-state index contributed by atoms with van der Waals surface area (Å²) in [5.41, 5.74) is 1.03. The normalized spacial score (nSPS) is 16.8. The summed E-state index contributed by atoms with van der Waals surface area (Å²) in [6.45, 7) is 6.46. The molecular formula is C31H37NO6S2. The summed E-state index contributed by atoms with van der Waals surface area (Å²) in [7, 11) is -6.77. The molecule has 214 valence electrons. The monoisotopic (exact) mass is 583 g/mol. The van der Waals surface area contributed by atoms with Gasteiger partial charge in [-0.15, -0.1) is 0 Å². The molecule has 4 rings (SSSR count). The lowest BCUT2D eigenvalue weighted by Gasteiger charge is -2.42. The highest BCUT2D eigenvalue weighted by Crippen LogP contribution is 2.40. The molecule has 0 spiro atoms. The number of fused-ring (bicyclic) bond motifs is 1. The Morgan fingerprint density at radius 1 is 0.875 bits per heavy atom. The first-order valence-electron chi connectivity index (χ1n) is 13.1. The Morgan fingerprint density at radius 3 is 2.15 bits per heavy atom. The van der Waals surface area contributed by atoms with E-state index < -0.39 is 35.6 Å². The van der Waals surface area contributed by atoms with Crippen LogP contribution in [0.5, 0.6) is 0 Å². The van der Waals surface area contributed by atoms with E-state index >= 15 is 0 Å². The molecule has 1 unspecified atom stereocenters. The first-order valence-corrected chi connectivity index (χ1v) is 16.9. The maximum atomic E-state index is 12.7. The van der Waals surface area contributed by atoms with E-state index in [1.165, 1.54) is 12.3 Å². The van der Waals surface area contributed by atoms with Gasteiger partial charge in [0.15, 0.2) is 19.7 Å². The van der Waals surface area contributed by atoms with Crippen LogP contribution < -0.4 is 0 Å². The van der Waals surface area contributed by atoms with Gasteiger partial charge < -0.3 is 10.2 Å². The minimum absolute atomic E-state index is 0.0815. The third kappa shape index (κ3) is 5.65. The number of hydrogen-bond donors (Lipinski definition) is 2. The smallest absolute Gasteiger partial charge is 0.171 e. The topological polar surface area (TPSA) is 122 Å². The molecule has 0 saturated heterocycles. The molecule has 1 atom stereocenters. The van der Waals surface area contributed by atoms with E-state index in [1.807, 2.05) is 48.5 Å². The van der Waals surface area contributed by atoms with Crippen molar-refractivity contribution in [2.45, 2.75) is 62.9 Å². The highest BCUT2D eigenvalue weighted by Gasteiger charge is 2.45. The zero-order valence-electron chi connectivity index (χ0n) is 23.8. The van der Waals surface area contributed by atoms with E-state index in [4.69, 9.17) is 0 Å². The molecule has 1 aromatic heterocycles. The van der Waals surface area contributed by atoms with Crippen LogP contribution in [0.15, 0.2) is 77.4 Å². The van der Waals surface area contributed by atoms with Crippen molar-refractivity contribution < 1.29 is 27.0 Å². The fourth-order valence-electron chi connectivity index (χ4n) is 5.11. The number of allylic oxidation sites excluding steroid dienone is 3. The van der Waals surface area contributed by atoms with Crippen LogP contribution in [0, 0.1) is 0 Å². The molecule has 7 nitrogen and oxygen atoms in total. The molecule has 1 aliphatic carbocycles. The zero-order valence-corrected chi connectivity index (χ0v) is 25.4. The quantitative estimate of drug-likeness (QED) is 0.388. The first-order chi connectivity index (χ1) is 18.3. The highest BCUT2D eigenvalue weighted by molar-refractivity contribution is 7.94. The van der Waals surface area contributed by atoms with Crippen LogP contribution in [-0.2, 0) is 30.8 Å². The summed E-state index contributed by atoms with van der Waals surface area (Å²) < 4.78 is 48.2. The Morgan fingerprint density at radius 2 is 1.57 bits per heavy atom. The maximum absolute atomic E-state index is 12.7. The minimum Gasteiger partial charge on any atom is -0.387 e. The molecule has 1 heterocycles.